The maximum absolute atomic E-state index is 13.4. The van der Waals surface area contributed by atoms with Gasteiger partial charge in [0.1, 0.15) is 0 Å². The first kappa shape index (κ1) is 10.5. The van der Waals surface area contributed by atoms with E-state index in [1.807, 2.05) is 0 Å². The van der Waals surface area contributed by atoms with Gasteiger partial charge in [-0.3, -0.25) is 0 Å². The van der Waals surface area contributed by atoms with Gasteiger partial charge in [-0.1, -0.05) is 0 Å². The monoisotopic (exact) mass is 376 g/mol. The van der Waals surface area contributed by atoms with E-state index in [0.717, 1.165) is 48.9 Å². The number of fused-ring (bicyclic) bond motifs is 10. The number of allylic oxidation sites excluding steroid dienone is 1. The van der Waals surface area contributed by atoms with Gasteiger partial charge in [0.25, 0.3) is 0 Å². The van der Waals surface area contributed by atoms with Crippen LogP contribution in [0.15, 0.2) is 30.4 Å². The van der Waals surface area contributed by atoms with Gasteiger partial charge >= 0.3 is 133 Å². The van der Waals surface area contributed by atoms with Gasteiger partial charge in [-0.05, 0) is 0 Å². The summed E-state index contributed by atoms with van der Waals surface area (Å²) in [7, 11) is 0. The van der Waals surface area contributed by atoms with Crippen LogP contribution in [0.1, 0.15) is 20.7 Å². The molecule has 10 aliphatic rings. The second-order valence-electron chi connectivity index (χ2n) is 12.5. The summed E-state index contributed by atoms with van der Waals surface area (Å²) < 4.78 is 0.252. The Hall–Kier alpha value is -1.58. The first-order valence-electron chi connectivity index (χ1n) is 9.20. The van der Waals surface area contributed by atoms with Gasteiger partial charge in [0.2, 0.25) is 0 Å². The molecule has 0 amide bonds. The van der Waals surface area contributed by atoms with Gasteiger partial charge in [0, 0.05) is 0 Å². The molecule has 10 saturated heterocycles. The molecule has 1 aromatic carbocycles. The summed E-state index contributed by atoms with van der Waals surface area (Å²) in [6.45, 7) is 0.910. The number of phenols is 1. The number of carboxylic acid groups (broad SMARTS) is 1. The molecule has 10 fully saturated rings. The van der Waals surface area contributed by atoms with E-state index in [1.165, 1.54) is 18.2 Å². The second kappa shape index (κ2) is 1.08. The number of carbonyl (C=O) groups is 2. The van der Waals surface area contributed by atoms with Crippen molar-refractivity contribution in [1.29, 1.82) is 0 Å². The van der Waals surface area contributed by atoms with E-state index in [2.05, 4.69) is 6.58 Å². The first-order chi connectivity index (χ1) is 11.7. The van der Waals surface area contributed by atoms with Crippen LogP contribution in [0.3, 0.4) is 0 Å². The fourth-order valence-corrected chi connectivity index (χ4v) is 92.5. The summed E-state index contributed by atoms with van der Waals surface area (Å²) >= 11 is 0. The summed E-state index contributed by atoms with van der Waals surface area (Å²) in [5, 5.41) is 19.4. The third-order valence-corrected chi connectivity index (χ3v) is 59.3. The van der Waals surface area contributed by atoms with Crippen LogP contribution in [-0.2, 0) is 6.51 Å². The van der Waals surface area contributed by atoms with Gasteiger partial charge in [0.05, 0.1) is 0 Å². The van der Waals surface area contributed by atoms with Crippen molar-refractivity contribution in [2.45, 2.75) is 47.7 Å². The molecule has 0 bridgehead atoms. The Morgan fingerprint density at radius 1 is 1.00 bits per heavy atom. The zero-order chi connectivity index (χ0) is 16.6. The minimum absolute atomic E-state index is 0.0547. The predicted molar refractivity (Wildman–Crippen MR) is 85.0 cm³/mol. The Morgan fingerprint density at radius 2 is 1.56 bits per heavy atom. The number of phenolic OH excluding ortho intramolecular Hbond substituents is 1. The number of ketones is 1. The molecule has 4 atom stereocenters. The Morgan fingerprint density at radius 3 is 1.96 bits per heavy atom. The molecular weight excluding hydrogens is 360 g/mol. The van der Waals surface area contributed by atoms with Crippen LogP contribution in [0.4, 0.5) is 0 Å². The molecule has 1 spiro atoms. The fourth-order valence-electron chi connectivity index (χ4n) is 18.2. The van der Waals surface area contributed by atoms with E-state index in [4.69, 9.17) is 0 Å². The van der Waals surface area contributed by atoms with E-state index in [0.29, 0.717) is 0 Å². The van der Waals surface area contributed by atoms with Gasteiger partial charge in [-0.15, -0.1) is 0 Å². The summed E-state index contributed by atoms with van der Waals surface area (Å²) in [6.07, 6.45) is 0. The van der Waals surface area contributed by atoms with E-state index in [-0.39, 0.29) is 27.0 Å². The topological polar surface area (TPSA) is 74.6 Å². The average Bonchev–Trinajstić information content (AvgIpc) is 3.53. The number of aromatic carboxylic acids is 1. The molecule has 10 heterocycles. The zero-order valence-electron chi connectivity index (χ0n) is 13.2. The van der Waals surface area contributed by atoms with Crippen molar-refractivity contribution in [3.05, 3.63) is 41.5 Å². The molecule has 128 valence electrons. The zero-order valence-corrected chi connectivity index (χ0v) is 14.3. The molecule has 25 heavy (non-hydrogen) atoms. The fraction of sp³-hybridized carbons (Fsp3) is 0.500. The number of aromatic hydroxyl groups is 1. The quantitative estimate of drug-likeness (QED) is 0.458. The average molecular weight is 376 g/mol. The molecule has 2 N–H and O–H groups in total. The number of benzene rings is 1. The Kier molecular flexibility index (Phi) is 0.457. The number of hydrogen-bond acceptors (Lipinski definition) is 3. The summed E-state index contributed by atoms with van der Waals surface area (Å²) in [4.78, 5) is 34.2. The molecule has 10 aliphatic heterocycles. The van der Waals surface area contributed by atoms with Gasteiger partial charge in [-0.2, -0.15) is 0 Å². The van der Waals surface area contributed by atoms with Crippen molar-refractivity contribution in [2.75, 3.05) is 0 Å². The van der Waals surface area contributed by atoms with Crippen molar-refractivity contribution < 1.29 is 26.3 Å². The van der Waals surface area contributed by atoms with E-state index in [9.17, 15) is 19.8 Å². The van der Waals surface area contributed by atoms with Crippen LogP contribution in [0, 0.1) is 0 Å². The molecule has 4 nitrogen and oxygen atoms in total. The number of hydrogen-bond donors (Lipinski definition) is 2. The summed E-state index contributed by atoms with van der Waals surface area (Å²) in [5.74, 6) is -1.34. The molecular formula is C20H16FeO4. The maximum atomic E-state index is 13.4. The standard InChI is InChI=1S/C15H11O4.C5H5.Fe/c1-9(10-4-2-3-5-10)14(17)12-8-11(15(18)19)6-7-13(12)16;1-2-4-5-3-1;/h2-8,16H,1H2,(H,18,19);1-5H;. The Bertz CT molecular complexity index is 1430. The SMILES string of the molecule is C=C(C(=O)c1cc(C(=O)O)ccc1O)[C]12[CH]3[CH]4[CH]5[CH]1[Fe]45321678[CH]2[CH]1[CH]6[CH]7[CH]28. The Balaban J connectivity index is 1.18. The third kappa shape index (κ3) is 0.159. The summed E-state index contributed by atoms with van der Waals surface area (Å²) in [5.41, 5.74) is 1.01. The first-order valence-corrected chi connectivity index (χ1v) is 15.5. The Labute approximate surface area is 133 Å². The van der Waals surface area contributed by atoms with Gasteiger partial charge in [0.15, 0.2) is 0 Å². The van der Waals surface area contributed by atoms with Crippen LogP contribution in [0.25, 0.3) is 0 Å². The minimum atomic E-state index is -3.46. The molecule has 5 heteroatoms. The van der Waals surface area contributed by atoms with Crippen molar-refractivity contribution in [3.63, 3.8) is 0 Å². The molecule has 11 rings (SSSR count). The van der Waals surface area contributed by atoms with Crippen molar-refractivity contribution in [2.24, 2.45) is 0 Å². The summed E-state index contributed by atoms with van der Waals surface area (Å²) in [6, 6.07) is 4.03. The third-order valence-electron chi connectivity index (χ3n) is 16.9. The molecule has 0 aliphatic carbocycles. The van der Waals surface area contributed by atoms with E-state index >= 15 is 0 Å². The number of Topliss-reactive ketones (excluding diaryl/α,β-unsaturated/α-hetero) is 1. The molecule has 1 aromatic rings. The second-order valence-corrected chi connectivity index (χ2v) is 36.1. The normalized spacial score (nSPS) is 84.2. The molecule has 0 saturated carbocycles. The van der Waals surface area contributed by atoms with Gasteiger partial charge in [-0.25, -0.2) is 0 Å². The van der Waals surface area contributed by atoms with Crippen LogP contribution in [0.2, 0.25) is 47.7 Å². The van der Waals surface area contributed by atoms with Crippen LogP contribution >= 0.6 is 0 Å². The predicted octanol–water partition coefficient (Wildman–Crippen LogP) is 4.59. The van der Waals surface area contributed by atoms with Crippen LogP contribution in [0.5, 0.6) is 5.75 Å². The molecule has 0 aromatic heterocycles. The molecule has 0 radical (unpaired) electrons. The molecule has 4 unspecified atom stereocenters. The van der Waals surface area contributed by atoms with Crippen molar-refractivity contribution in [3.8, 4) is 5.75 Å². The van der Waals surface area contributed by atoms with Crippen molar-refractivity contribution >= 4 is 11.8 Å². The van der Waals surface area contributed by atoms with Crippen LogP contribution in [-0.4, -0.2) is 22.0 Å². The number of carboxylic acids is 1. The van der Waals surface area contributed by atoms with E-state index < -0.39 is 12.5 Å². The number of carbonyl (C=O) groups excluding carboxylic acids is 1. The number of rotatable bonds is 4. The van der Waals surface area contributed by atoms with Gasteiger partial charge < -0.3 is 0 Å². The van der Waals surface area contributed by atoms with Crippen molar-refractivity contribution in [1.82, 2.24) is 0 Å². The van der Waals surface area contributed by atoms with E-state index in [1.54, 1.807) is 0 Å². The van der Waals surface area contributed by atoms with Crippen LogP contribution < -0.4 is 0 Å².